The van der Waals surface area contributed by atoms with E-state index in [0.29, 0.717) is 49.6 Å². The third-order valence-electron chi connectivity index (χ3n) is 6.12. The van der Waals surface area contributed by atoms with Crippen LogP contribution in [0, 0.1) is 13.8 Å². The predicted molar refractivity (Wildman–Crippen MR) is 134 cm³/mol. The molecule has 4 rings (SSSR count). The lowest BCUT2D eigenvalue weighted by Crippen LogP contribution is -2.37. The van der Waals surface area contributed by atoms with E-state index in [-0.39, 0.29) is 23.5 Å². The van der Waals surface area contributed by atoms with Gasteiger partial charge >= 0.3 is 0 Å². The van der Waals surface area contributed by atoms with Gasteiger partial charge in [0.15, 0.2) is 5.82 Å². The number of aromatic nitrogens is 4. The highest BCUT2D eigenvalue weighted by Crippen LogP contribution is 2.31. The highest BCUT2D eigenvalue weighted by molar-refractivity contribution is 7.10. The molecule has 0 radical (unpaired) electrons. The fraction of sp³-hybridized carbons (Fsp3) is 0.440. The van der Waals surface area contributed by atoms with Crippen molar-refractivity contribution < 1.29 is 14.4 Å². The van der Waals surface area contributed by atoms with Crippen molar-refractivity contribution in [3.63, 3.8) is 0 Å². The van der Waals surface area contributed by atoms with Gasteiger partial charge in [-0.3, -0.25) is 9.59 Å². The van der Waals surface area contributed by atoms with Crippen molar-refractivity contribution in [1.29, 1.82) is 0 Å². The molecule has 0 unspecified atom stereocenters. The second-order valence-corrected chi connectivity index (χ2v) is 9.84. The molecule has 0 saturated carbocycles. The average Bonchev–Trinajstić information content (AvgIpc) is 3.46. The van der Waals surface area contributed by atoms with Crippen LogP contribution in [-0.4, -0.2) is 55.3 Å². The second kappa shape index (κ2) is 10.9. The maximum Gasteiger partial charge on any atom is 0.275 e. The number of likely N-dealkylation sites (tertiary alicyclic amines) is 1. The van der Waals surface area contributed by atoms with E-state index in [1.165, 1.54) is 11.3 Å². The van der Waals surface area contributed by atoms with E-state index in [1.807, 2.05) is 24.8 Å². The van der Waals surface area contributed by atoms with Crippen LogP contribution in [0.25, 0.3) is 5.82 Å². The van der Waals surface area contributed by atoms with Crippen molar-refractivity contribution in [2.24, 2.45) is 0 Å². The van der Waals surface area contributed by atoms with Crippen LogP contribution < -0.4 is 5.32 Å². The monoisotopic (exact) mass is 494 g/mol. The van der Waals surface area contributed by atoms with Crippen LogP contribution in [0.3, 0.4) is 0 Å². The first-order chi connectivity index (χ1) is 16.8. The minimum Gasteiger partial charge on any atom is -0.343 e. The third-order valence-corrected chi connectivity index (χ3v) is 7.12. The van der Waals surface area contributed by atoms with Crippen molar-refractivity contribution in [3.05, 3.63) is 51.9 Å². The van der Waals surface area contributed by atoms with Crippen LogP contribution in [-0.2, 0) is 9.59 Å². The van der Waals surface area contributed by atoms with E-state index in [1.54, 1.807) is 35.3 Å². The van der Waals surface area contributed by atoms with Crippen LogP contribution in [0.4, 0.5) is 5.69 Å². The number of rotatable bonds is 8. The molecule has 1 aliphatic rings. The first-order valence-corrected chi connectivity index (χ1v) is 12.7. The fourth-order valence-corrected chi connectivity index (χ4v) is 5.27. The molecule has 0 bridgehead atoms. The number of carbonyl (C=O) groups is 3. The summed E-state index contributed by atoms with van der Waals surface area (Å²) < 4.78 is 1.71. The summed E-state index contributed by atoms with van der Waals surface area (Å²) in [7, 11) is 0. The summed E-state index contributed by atoms with van der Waals surface area (Å²) in [6, 6.07) is 5.53. The second-order valence-electron chi connectivity index (χ2n) is 8.95. The molecule has 9 nitrogen and oxygen atoms in total. The number of thiazole rings is 1. The van der Waals surface area contributed by atoms with E-state index in [0.717, 1.165) is 29.2 Å². The molecule has 0 aliphatic carbocycles. The number of amides is 2. The van der Waals surface area contributed by atoms with Gasteiger partial charge in [0, 0.05) is 49.1 Å². The molecule has 1 aliphatic heterocycles. The Morgan fingerprint density at radius 3 is 2.63 bits per heavy atom. The summed E-state index contributed by atoms with van der Waals surface area (Å²) in [6.45, 7) is 6.75. The van der Waals surface area contributed by atoms with Crippen LogP contribution >= 0.6 is 11.3 Å². The van der Waals surface area contributed by atoms with E-state index in [4.69, 9.17) is 0 Å². The molecule has 0 aromatic carbocycles. The molecule has 3 aromatic rings. The molecule has 3 aromatic heterocycles. The van der Waals surface area contributed by atoms with Gasteiger partial charge in [-0.05, 0) is 58.2 Å². The Morgan fingerprint density at radius 1 is 1.17 bits per heavy atom. The summed E-state index contributed by atoms with van der Waals surface area (Å²) in [5.41, 5.74) is 2.74. The molecule has 0 atom stereocenters. The topological polar surface area (TPSA) is 110 Å². The van der Waals surface area contributed by atoms with Gasteiger partial charge in [-0.2, -0.15) is 5.10 Å². The Bertz CT molecular complexity index is 1230. The first kappa shape index (κ1) is 24.7. The van der Waals surface area contributed by atoms with E-state index >= 15 is 0 Å². The number of piperidine rings is 1. The van der Waals surface area contributed by atoms with Gasteiger partial charge in [-0.15, -0.1) is 11.3 Å². The number of carbonyl (C=O) groups excluding carboxylic acids is 3. The van der Waals surface area contributed by atoms with Crippen molar-refractivity contribution in [2.45, 2.75) is 58.8 Å². The molecular formula is C25H30N6O3S. The van der Waals surface area contributed by atoms with E-state index in [2.05, 4.69) is 20.4 Å². The number of aryl methyl sites for hydroxylation is 2. The van der Waals surface area contributed by atoms with Crippen LogP contribution in [0.1, 0.15) is 71.8 Å². The zero-order chi connectivity index (χ0) is 24.9. The maximum atomic E-state index is 13.0. The van der Waals surface area contributed by atoms with Gasteiger partial charge in [0.25, 0.3) is 5.91 Å². The Labute approximate surface area is 208 Å². The molecule has 1 fully saturated rings. The molecular weight excluding hydrogens is 464 g/mol. The zero-order valence-electron chi connectivity index (χ0n) is 20.3. The minimum absolute atomic E-state index is 0.110. The molecule has 35 heavy (non-hydrogen) atoms. The average molecular weight is 495 g/mol. The van der Waals surface area contributed by atoms with Crippen molar-refractivity contribution in [3.8, 4) is 5.82 Å². The number of pyridine rings is 1. The Balaban J connectivity index is 1.36. The van der Waals surface area contributed by atoms with Crippen LogP contribution in [0.2, 0.25) is 0 Å². The van der Waals surface area contributed by atoms with Gasteiger partial charge in [0.05, 0.1) is 16.4 Å². The molecule has 1 N–H and O–H groups in total. The standard InChI is InChI=1S/C25H30N6O3S/c1-16-14-17(2)31(29-16)23-20(7-5-11-26-23)27-24(34)21-15-35-25(28-21)19-9-12-30(13-10-19)22(33)8-4-6-18(3)32/h5,7,11,14-15,19H,4,6,8-10,12-13H2,1-3H3,(H,27,34). The lowest BCUT2D eigenvalue weighted by Gasteiger charge is -2.31. The maximum absolute atomic E-state index is 13.0. The van der Waals surface area contributed by atoms with Gasteiger partial charge in [0.1, 0.15) is 11.5 Å². The number of nitrogens with one attached hydrogen (secondary N) is 1. The molecule has 184 valence electrons. The third kappa shape index (κ3) is 6.00. The Morgan fingerprint density at radius 2 is 1.94 bits per heavy atom. The van der Waals surface area contributed by atoms with E-state index in [9.17, 15) is 14.4 Å². The molecule has 4 heterocycles. The number of hydrogen-bond acceptors (Lipinski definition) is 7. The molecule has 10 heteroatoms. The predicted octanol–water partition coefficient (Wildman–Crippen LogP) is 4.06. The Kier molecular flexibility index (Phi) is 7.70. The molecule has 1 saturated heterocycles. The smallest absolute Gasteiger partial charge is 0.275 e. The van der Waals surface area contributed by atoms with Gasteiger partial charge < -0.3 is 15.0 Å². The minimum atomic E-state index is -0.290. The summed E-state index contributed by atoms with van der Waals surface area (Å²) >= 11 is 1.48. The van der Waals surface area contributed by atoms with Crippen molar-refractivity contribution in [1.82, 2.24) is 24.6 Å². The molecule has 2 amide bonds. The number of hydrogen-bond donors (Lipinski definition) is 1. The van der Waals surface area contributed by atoms with E-state index < -0.39 is 0 Å². The summed E-state index contributed by atoms with van der Waals surface area (Å²) in [5.74, 6) is 0.723. The molecule has 0 spiro atoms. The first-order valence-electron chi connectivity index (χ1n) is 11.8. The SMILES string of the molecule is CC(=O)CCCC(=O)N1CCC(c2nc(C(=O)Nc3cccnc3-n3nc(C)cc3C)cs2)CC1. The number of ketones is 1. The highest BCUT2D eigenvalue weighted by Gasteiger charge is 2.26. The van der Waals surface area contributed by atoms with Crippen LogP contribution in [0.15, 0.2) is 29.8 Å². The highest BCUT2D eigenvalue weighted by atomic mass is 32.1. The fourth-order valence-electron chi connectivity index (χ4n) is 4.29. The largest absolute Gasteiger partial charge is 0.343 e. The number of Topliss-reactive ketones (excluding diaryl/α,β-unsaturated/α-hetero) is 1. The summed E-state index contributed by atoms with van der Waals surface area (Å²) in [5, 5.41) is 10.1. The van der Waals surface area contributed by atoms with Gasteiger partial charge in [-0.25, -0.2) is 14.6 Å². The Hall–Kier alpha value is -3.40. The van der Waals surface area contributed by atoms with Crippen molar-refractivity contribution in [2.75, 3.05) is 18.4 Å². The number of anilines is 1. The number of nitrogens with zero attached hydrogens (tertiary/aromatic N) is 5. The lowest BCUT2D eigenvalue weighted by atomic mass is 9.97. The lowest BCUT2D eigenvalue weighted by molar-refractivity contribution is -0.132. The van der Waals surface area contributed by atoms with Gasteiger partial charge in [-0.1, -0.05) is 0 Å². The zero-order valence-corrected chi connectivity index (χ0v) is 21.1. The summed E-state index contributed by atoms with van der Waals surface area (Å²) in [6.07, 6.45) is 4.78. The van der Waals surface area contributed by atoms with Crippen molar-refractivity contribution >= 4 is 34.6 Å². The van der Waals surface area contributed by atoms with Crippen LogP contribution in [0.5, 0.6) is 0 Å². The summed E-state index contributed by atoms with van der Waals surface area (Å²) in [4.78, 5) is 47.3. The normalized spacial score (nSPS) is 14.2. The van der Waals surface area contributed by atoms with Gasteiger partial charge in [0.2, 0.25) is 5.91 Å². The quantitative estimate of drug-likeness (QED) is 0.506.